The van der Waals surface area contributed by atoms with Crippen molar-refractivity contribution < 1.29 is 9.53 Å². The summed E-state index contributed by atoms with van der Waals surface area (Å²) in [6.45, 7) is 4.81. The minimum atomic E-state index is -0.0658. The lowest BCUT2D eigenvalue weighted by atomic mass is 9.49. The van der Waals surface area contributed by atoms with E-state index in [4.69, 9.17) is 4.74 Å². The molecule has 2 nitrogen and oxygen atoms in total. The van der Waals surface area contributed by atoms with Crippen LogP contribution in [-0.2, 0) is 9.53 Å². The second-order valence-corrected chi connectivity index (χ2v) is 7.19. The van der Waals surface area contributed by atoms with Crippen molar-refractivity contribution in [2.75, 3.05) is 6.61 Å². The monoisotopic (exact) mass is 236 g/mol. The Bertz CT molecular complexity index is 284. The van der Waals surface area contributed by atoms with Crippen molar-refractivity contribution >= 4 is 5.97 Å². The van der Waals surface area contributed by atoms with Crippen LogP contribution < -0.4 is 0 Å². The smallest absolute Gasteiger partial charge is 0.312 e. The summed E-state index contributed by atoms with van der Waals surface area (Å²) in [5.74, 6) is 3.06. The minimum absolute atomic E-state index is 0.0658. The highest BCUT2D eigenvalue weighted by Gasteiger charge is 2.55. The molecule has 4 saturated carbocycles. The van der Waals surface area contributed by atoms with Crippen molar-refractivity contribution in [2.24, 2.45) is 29.1 Å². The Labute approximate surface area is 104 Å². The molecular weight excluding hydrogens is 212 g/mol. The van der Waals surface area contributed by atoms with Gasteiger partial charge in [0.1, 0.15) is 0 Å². The first-order valence-corrected chi connectivity index (χ1v) is 7.24. The molecule has 0 spiro atoms. The van der Waals surface area contributed by atoms with Gasteiger partial charge in [-0.05, 0) is 62.2 Å². The van der Waals surface area contributed by atoms with E-state index >= 15 is 0 Å². The van der Waals surface area contributed by atoms with Crippen molar-refractivity contribution in [2.45, 2.75) is 52.4 Å². The van der Waals surface area contributed by atoms with Crippen LogP contribution >= 0.6 is 0 Å². The molecule has 0 unspecified atom stereocenters. The third-order valence-electron chi connectivity index (χ3n) is 5.02. The summed E-state index contributed by atoms with van der Waals surface area (Å²) < 4.78 is 5.55. The minimum Gasteiger partial charge on any atom is -0.465 e. The molecule has 0 N–H and O–H groups in total. The fourth-order valence-electron chi connectivity index (χ4n) is 4.76. The van der Waals surface area contributed by atoms with E-state index in [1.54, 1.807) is 0 Å². The molecule has 17 heavy (non-hydrogen) atoms. The Kier molecular flexibility index (Phi) is 2.72. The number of hydrogen-bond acceptors (Lipinski definition) is 2. The maximum absolute atomic E-state index is 12.4. The molecule has 0 aromatic rings. The van der Waals surface area contributed by atoms with Gasteiger partial charge in [0.05, 0.1) is 12.0 Å². The normalized spacial score (nSPS) is 43.1. The van der Waals surface area contributed by atoms with E-state index in [9.17, 15) is 4.79 Å². The highest BCUT2D eigenvalue weighted by molar-refractivity contribution is 5.77. The Balaban J connectivity index is 1.71. The number of ether oxygens (including phenoxy) is 1. The second kappa shape index (κ2) is 4.00. The lowest BCUT2D eigenvalue weighted by molar-refractivity contribution is -0.172. The maximum atomic E-state index is 12.4. The molecule has 0 atom stereocenters. The molecule has 0 aliphatic heterocycles. The van der Waals surface area contributed by atoms with Gasteiger partial charge in [0.2, 0.25) is 0 Å². The van der Waals surface area contributed by atoms with Crippen LogP contribution in [0, 0.1) is 29.1 Å². The van der Waals surface area contributed by atoms with Crippen LogP contribution in [0.5, 0.6) is 0 Å². The Hall–Kier alpha value is -0.530. The molecule has 4 aliphatic rings. The predicted molar refractivity (Wildman–Crippen MR) is 66.4 cm³/mol. The van der Waals surface area contributed by atoms with E-state index in [-0.39, 0.29) is 11.4 Å². The summed E-state index contributed by atoms with van der Waals surface area (Å²) in [5, 5.41) is 0. The summed E-state index contributed by atoms with van der Waals surface area (Å²) in [6.07, 6.45) is 7.52. The average Bonchev–Trinajstić information content (AvgIpc) is 2.23. The van der Waals surface area contributed by atoms with Gasteiger partial charge in [-0.15, -0.1) is 0 Å². The van der Waals surface area contributed by atoms with Crippen molar-refractivity contribution in [3.05, 3.63) is 0 Å². The fourth-order valence-corrected chi connectivity index (χ4v) is 4.76. The van der Waals surface area contributed by atoms with E-state index in [0.29, 0.717) is 12.5 Å². The number of hydrogen-bond donors (Lipinski definition) is 0. The fraction of sp³-hybridized carbons (Fsp3) is 0.933. The van der Waals surface area contributed by atoms with Crippen LogP contribution in [-0.4, -0.2) is 12.6 Å². The van der Waals surface area contributed by atoms with Gasteiger partial charge in [0.25, 0.3) is 0 Å². The van der Waals surface area contributed by atoms with E-state index in [1.165, 1.54) is 19.3 Å². The number of carbonyl (C=O) groups is 1. The standard InChI is InChI=1S/C15H24O2/c1-10(2)9-17-14(16)15-6-11-3-12(7-15)5-13(4-11)8-15/h10-13H,3-9H2,1-2H3. The van der Waals surface area contributed by atoms with Gasteiger partial charge in [0, 0.05) is 0 Å². The van der Waals surface area contributed by atoms with Gasteiger partial charge in [-0.2, -0.15) is 0 Å². The maximum Gasteiger partial charge on any atom is 0.312 e. The molecule has 4 bridgehead atoms. The van der Waals surface area contributed by atoms with E-state index in [0.717, 1.165) is 37.0 Å². The highest BCUT2D eigenvalue weighted by Crippen LogP contribution is 2.60. The highest BCUT2D eigenvalue weighted by atomic mass is 16.5. The zero-order valence-electron chi connectivity index (χ0n) is 11.1. The molecule has 4 fully saturated rings. The molecule has 2 heteroatoms. The molecule has 0 saturated heterocycles. The molecule has 0 aromatic heterocycles. The Morgan fingerprint density at radius 1 is 1.12 bits per heavy atom. The number of esters is 1. The average molecular weight is 236 g/mol. The first-order chi connectivity index (χ1) is 8.07. The van der Waals surface area contributed by atoms with Crippen molar-refractivity contribution in [3.63, 3.8) is 0 Å². The number of carbonyl (C=O) groups excluding carboxylic acids is 1. The van der Waals surface area contributed by atoms with Crippen LogP contribution in [0.25, 0.3) is 0 Å². The van der Waals surface area contributed by atoms with Crippen molar-refractivity contribution in [1.82, 2.24) is 0 Å². The Morgan fingerprint density at radius 2 is 1.59 bits per heavy atom. The van der Waals surface area contributed by atoms with Crippen molar-refractivity contribution in [3.8, 4) is 0 Å². The zero-order chi connectivity index (χ0) is 12.0. The molecule has 4 aliphatic carbocycles. The largest absolute Gasteiger partial charge is 0.465 e. The lowest BCUT2D eigenvalue weighted by Crippen LogP contribution is -2.50. The van der Waals surface area contributed by atoms with Crippen molar-refractivity contribution in [1.29, 1.82) is 0 Å². The summed E-state index contributed by atoms with van der Waals surface area (Å²) in [4.78, 5) is 12.4. The molecule has 0 heterocycles. The molecular formula is C15H24O2. The summed E-state index contributed by atoms with van der Waals surface area (Å²) in [7, 11) is 0. The predicted octanol–water partition coefficient (Wildman–Crippen LogP) is 3.40. The van der Waals surface area contributed by atoms with E-state index < -0.39 is 0 Å². The van der Waals surface area contributed by atoms with Crippen LogP contribution in [0.15, 0.2) is 0 Å². The lowest BCUT2D eigenvalue weighted by Gasteiger charge is -2.55. The number of rotatable bonds is 3. The summed E-state index contributed by atoms with van der Waals surface area (Å²) in [6, 6.07) is 0. The molecule has 0 amide bonds. The summed E-state index contributed by atoms with van der Waals surface area (Å²) >= 11 is 0. The molecule has 4 rings (SSSR count). The SMILES string of the molecule is CC(C)COC(=O)C12CC3CC(CC(C3)C1)C2. The zero-order valence-corrected chi connectivity index (χ0v) is 11.1. The van der Waals surface area contributed by atoms with Gasteiger partial charge in [-0.1, -0.05) is 13.8 Å². The van der Waals surface area contributed by atoms with Gasteiger partial charge in [0.15, 0.2) is 0 Å². The summed E-state index contributed by atoms with van der Waals surface area (Å²) in [5.41, 5.74) is -0.0658. The third kappa shape index (κ3) is 2.00. The first kappa shape index (κ1) is 11.6. The quantitative estimate of drug-likeness (QED) is 0.702. The third-order valence-corrected chi connectivity index (χ3v) is 5.02. The van der Waals surface area contributed by atoms with Gasteiger partial charge >= 0.3 is 5.97 Å². The van der Waals surface area contributed by atoms with Gasteiger partial charge < -0.3 is 4.74 Å². The molecule has 0 aromatic carbocycles. The first-order valence-electron chi connectivity index (χ1n) is 7.24. The van der Waals surface area contributed by atoms with Gasteiger partial charge in [-0.3, -0.25) is 4.79 Å². The Morgan fingerprint density at radius 3 is 2.00 bits per heavy atom. The van der Waals surface area contributed by atoms with Gasteiger partial charge in [-0.25, -0.2) is 0 Å². The topological polar surface area (TPSA) is 26.3 Å². The van der Waals surface area contributed by atoms with E-state index in [2.05, 4.69) is 13.8 Å². The molecule has 96 valence electrons. The molecule has 0 radical (unpaired) electrons. The van der Waals surface area contributed by atoms with Crippen LogP contribution in [0.1, 0.15) is 52.4 Å². The van der Waals surface area contributed by atoms with Crippen LogP contribution in [0.3, 0.4) is 0 Å². The van der Waals surface area contributed by atoms with E-state index in [1.807, 2.05) is 0 Å². The van der Waals surface area contributed by atoms with Crippen LogP contribution in [0.4, 0.5) is 0 Å². The van der Waals surface area contributed by atoms with Crippen LogP contribution in [0.2, 0.25) is 0 Å². The second-order valence-electron chi connectivity index (χ2n) is 7.19.